The number of thiol groups is 1. The molecule has 0 aromatic rings. The smallest absolute Gasteiger partial charge is 0.0114 e. The van der Waals surface area contributed by atoms with Crippen molar-refractivity contribution in [2.45, 2.75) is 40.0 Å². The Hall–Kier alpha value is -0.630. The molecule has 2 N–H and O–H groups in total. The van der Waals surface area contributed by atoms with E-state index in [0.717, 1.165) is 35.4 Å². The van der Waals surface area contributed by atoms with Gasteiger partial charge in [0.1, 0.15) is 0 Å². The van der Waals surface area contributed by atoms with Gasteiger partial charge < -0.3 is 5.73 Å². The minimum atomic E-state index is 0.791. The second-order valence-corrected chi connectivity index (χ2v) is 4.29. The average Bonchev–Trinajstić information content (AvgIpc) is 2.02. The van der Waals surface area contributed by atoms with Crippen molar-refractivity contribution < 1.29 is 0 Å². The van der Waals surface area contributed by atoms with Gasteiger partial charge in [-0.05, 0) is 30.7 Å². The molecule has 0 saturated carbocycles. The molecule has 0 fully saturated rings. The zero-order valence-electron chi connectivity index (χ0n) is 9.43. The fourth-order valence-corrected chi connectivity index (χ4v) is 1.59. The highest BCUT2D eigenvalue weighted by molar-refractivity contribution is 7.84. The Kier molecular flexibility index (Phi) is 6.46. The van der Waals surface area contributed by atoms with Crippen molar-refractivity contribution in [2.75, 3.05) is 0 Å². The van der Waals surface area contributed by atoms with Gasteiger partial charge in [0.15, 0.2) is 0 Å². The molecule has 14 heavy (non-hydrogen) atoms. The second-order valence-electron chi connectivity index (χ2n) is 3.72. The van der Waals surface area contributed by atoms with Gasteiger partial charge in [0.25, 0.3) is 0 Å². The summed E-state index contributed by atoms with van der Waals surface area (Å²) in [5, 5.41) is 0. The fraction of sp³-hybridized carbons (Fsp3) is 0.500. The highest BCUT2D eigenvalue weighted by Crippen LogP contribution is 2.18. The van der Waals surface area contributed by atoms with Gasteiger partial charge in [0, 0.05) is 18.5 Å². The minimum Gasteiger partial charge on any atom is -0.402 e. The van der Waals surface area contributed by atoms with Crippen molar-refractivity contribution in [2.24, 2.45) is 5.73 Å². The van der Waals surface area contributed by atoms with E-state index in [9.17, 15) is 0 Å². The molecule has 0 aromatic carbocycles. The molecule has 0 amide bonds. The molecule has 1 nitrogen and oxygen atoms in total. The van der Waals surface area contributed by atoms with E-state index < -0.39 is 0 Å². The van der Waals surface area contributed by atoms with Crippen molar-refractivity contribution in [3.05, 3.63) is 34.4 Å². The predicted molar refractivity (Wildman–Crippen MR) is 68.3 cm³/mol. The van der Waals surface area contributed by atoms with Crippen LogP contribution in [0.15, 0.2) is 34.4 Å². The molecule has 0 unspecified atom stereocenters. The summed E-state index contributed by atoms with van der Waals surface area (Å²) in [4.78, 5) is 1.09. The van der Waals surface area contributed by atoms with Crippen LogP contribution in [0.1, 0.15) is 40.0 Å². The van der Waals surface area contributed by atoms with Crippen LogP contribution in [0.3, 0.4) is 0 Å². The molecule has 0 saturated heterocycles. The molecule has 2 heteroatoms. The minimum absolute atomic E-state index is 0.791. The summed E-state index contributed by atoms with van der Waals surface area (Å²) in [5.74, 6) is 0. The van der Waals surface area contributed by atoms with Crippen molar-refractivity contribution >= 4 is 12.6 Å². The molecule has 0 aliphatic rings. The zero-order valence-corrected chi connectivity index (χ0v) is 10.3. The maximum Gasteiger partial charge on any atom is 0.0114 e. The number of rotatable bonds is 5. The first kappa shape index (κ1) is 13.4. The number of hydrogen-bond acceptors (Lipinski definition) is 2. The van der Waals surface area contributed by atoms with E-state index in [1.54, 1.807) is 0 Å². The van der Waals surface area contributed by atoms with Gasteiger partial charge in [-0.25, -0.2) is 0 Å². The van der Waals surface area contributed by atoms with Gasteiger partial charge in [-0.1, -0.05) is 25.2 Å². The van der Waals surface area contributed by atoms with Gasteiger partial charge in [-0.2, -0.15) is 0 Å². The Morgan fingerprint density at radius 3 is 2.36 bits per heavy atom. The van der Waals surface area contributed by atoms with Crippen LogP contribution >= 0.6 is 12.6 Å². The normalized spacial score (nSPS) is 13.9. The maximum atomic E-state index is 5.92. The Labute approximate surface area is 93.2 Å². The maximum absolute atomic E-state index is 5.92. The van der Waals surface area contributed by atoms with E-state index in [1.807, 2.05) is 6.92 Å². The van der Waals surface area contributed by atoms with Gasteiger partial charge in [0.05, 0.1) is 0 Å². The highest BCUT2D eigenvalue weighted by atomic mass is 32.1. The van der Waals surface area contributed by atoms with E-state index in [4.69, 9.17) is 5.73 Å². The molecule has 0 aromatic heterocycles. The lowest BCUT2D eigenvalue weighted by Crippen LogP contribution is -2.01. The van der Waals surface area contributed by atoms with Crippen molar-refractivity contribution in [1.82, 2.24) is 0 Å². The van der Waals surface area contributed by atoms with Gasteiger partial charge in [0.2, 0.25) is 0 Å². The monoisotopic (exact) mass is 211 g/mol. The summed E-state index contributed by atoms with van der Waals surface area (Å²) in [6.07, 6.45) is 4.78. The second kappa shape index (κ2) is 6.77. The van der Waals surface area contributed by atoms with Crippen LogP contribution < -0.4 is 5.73 Å². The van der Waals surface area contributed by atoms with Crippen LogP contribution in [0.5, 0.6) is 0 Å². The lowest BCUT2D eigenvalue weighted by molar-refractivity contribution is 1.00. The van der Waals surface area contributed by atoms with Crippen LogP contribution in [0.25, 0.3) is 0 Å². The molecular formula is C12H21NS. The van der Waals surface area contributed by atoms with E-state index in [1.165, 1.54) is 5.57 Å². The summed E-state index contributed by atoms with van der Waals surface area (Å²) in [6, 6.07) is 0. The summed E-state index contributed by atoms with van der Waals surface area (Å²) in [5.41, 5.74) is 9.14. The Morgan fingerprint density at radius 2 is 1.93 bits per heavy atom. The quantitative estimate of drug-likeness (QED) is 0.525. The SMILES string of the molecule is C=C(C)C/C(N)=C(\C)C/C(S)=C\CC. The lowest BCUT2D eigenvalue weighted by Gasteiger charge is -2.07. The molecule has 0 bridgehead atoms. The van der Waals surface area contributed by atoms with Crippen LogP contribution in [0, 0.1) is 0 Å². The molecule has 80 valence electrons. The topological polar surface area (TPSA) is 26.0 Å². The average molecular weight is 211 g/mol. The fourth-order valence-electron chi connectivity index (χ4n) is 1.17. The van der Waals surface area contributed by atoms with E-state index in [-0.39, 0.29) is 0 Å². The molecular weight excluding hydrogens is 190 g/mol. The first-order valence-electron chi connectivity index (χ1n) is 4.93. The largest absolute Gasteiger partial charge is 0.402 e. The molecule has 0 aliphatic heterocycles. The molecule has 0 aliphatic carbocycles. The third kappa shape index (κ3) is 5.92. The summed E-state index contributed by atoms with van der Waals surface area (Å²) in [7, 11) is 0. The zero-order chi connectivity index (χ0) is 11.1. The standard InChI is InChI=1S/C12H21NS/c1-5-6-11(14)8-10(4)12(13)7-9(2)3/h6,14H,2,5,7-8,13H2,1,3-4H3/b11-6+,12-10-. The van der Waals surface area contributed by atoms with Gasteiger partial charge in [-0.15, -0.1) is 12.6 Å². The lowest BCUT2D eigenvalue weighted by atomic mass is 10.1. The van der Waals surface area contributed by atoms with Gasteiger partial charge >= 0.3 is 0 Å². The summed E-state index contributed by atoms with van der Waals surface area (Å²) < 4.78 is 0. The summed E-state index contributed by atoms with van der Waals surface area (Å²) in [6.45, 7) is 9.99. The van der Waals surface area contributed by atoms with Crippen LogP contribution in [-0.2, 0) is 0 Å². The van der Waals surface area contributed by atoms with Crippen LogP contribution in [0.2, 0.25) is 0 Å². The highest BCUT2D eigenvalue weighted by Gasteiger charge is 2.00. The first-order valence-corrected chi connectivity index (χ1v) is 5.38. The third-order valence-electron chi connectivity index (χ3n) is 1.93. The van der Waals surface area contributed by atoms with Crippen molar-refractivity contribution in [3.63, 3.8) is 0 Å². The molecule has 0 rings (SSSR count). The molecule has 0 heterocycles. The predicted octanol–water partition coefficient (Wildman–Crippen LogP) is 3.80. The van der Waals surface area contributed by atoms with E-state index in [0.29, 0.717) is 0 Å². The Bertz CT molecular complexity index is 261. The third-order valence-corrected chi connectivity index (χ3v) is 2.27. The Morgan fingerprint density at radius 1 is 1.36 bits per heavy atom. The van der Waals surface area contributed by atoms with E-state index in [2.05, 4.69) is 39.1 Å². The van der Waals surface area contributed by atoms with E-state index >= 15 is 0 Å². The first-order chi connectivity index (χ1) is 6.47. The Balaban J connectivity index is 4.36. The number of nitrogens with two attached hydrogens (primary N) is 1. The van der Waals surface area contributed by atoms with Crippen molar-refractivity contribution in [3.8, 4) is 0 Å². The van der Waals surface area contributed by atoms with Gasteiger partial charge in [-0.3, -0.25) is 0 Å². The summed E-state index contributed by atoms with van der Waals surface area (Å²) >= 11 is 4.38. The molecule has 0 radical (unpaired) electrons. The van der Waals surface area contributed by atoms with Crippen LogP contribution in [-0.4, -0.2) is 0 Å². The number of hydrogen-bond donors (Lipinski definition) is 2. The molecule has 0 spiro atoms. The van der Waals surface area contributed by atoms with Crippen LogP contribution in [0.4, 0.5) is 0 Å². The number of allylic oxidation sites excluding steroid dienone is 4. The molecule has 0 atom stereocenters. The van der Waals surface area contributed by atoms with Crippen molar-refractivity contribution in [1.29, 1.82) is 0 Å².